The molecular formula is C8H12BN3. The van der Waals surface area contributed by atoms with Gasteiger partial charge in [-0.1, -0.05) is 12.7 Å². The monoisotopic (exact) mass is 161 g/mol. The smallest absolute Gasteiger partial charge is 0.391 e. The first-order valence-corrected chi connectivity index (χ1v) is 3.87. The standard InChI is InChI=1S/C8H12BN3/c1-3-4-6-10-9(2)12-8-5-7-11-12/h3-8,10H,1H2,2H3/b6-4-. The van der Waals surface area contributed by atoms with E-state index in [4.69, 9.17) is 0 Å². The molecule has 0 unspecified atom stereocenters. The van der Waals surface area contributed by atoms with E-state index in [1.165, 1.54) is 0 Å². The summed E-state index contributed by atoms with van der Waals surface area (Å²) in [6.45, 7) is 5.78. The Bertz CT molecular complexity index is 253. The van der Waals surface area contributed by atoms with Crippen molar-refractivity contribution in [3.05, 3.63) is 43.4 Å². The summed E-state index contributed by atoms with van der Waals surface area (Å²) >= 11 is 0. The number of nitrogens with one attached hydrogen (secondary N) is 1. The molecule has 0 saturated carbocycles. The Labute approximate surface area is 72.9 Å². The summed E-state index contributed by atoms with van der Waals surface area (Å²) in [5, 5.41) is 7.22. The van der Waals surface area contributed by atoms with Gasteiger partial charge in [-0.15, -0.1) is 0 Å². The van der Waals surface area contributed by atoms with Gasteiger partial charge in [0.25, 0.3) is 0 Å². The molecule has 0 aliphatic carbocycles. The van der Waals surface area contributed by atoms with Gasteiger partial charge in [-0.3, -0.25) is 4.59 Å². The molecule has 0 atom stereocenters. The molecule has 62 valence electrons. The average Bonchev–Trinajstić information content (AvgIpc) is 2.56. The van der Waals surface area contributed by atoms with Crippen LogP contribution in [0, 0.1) is 0 Å². The summed E-state index contributed by atoms with van der Waals surface area (Å²) in [5.41, 5.74) is 0. The van der Waals surface area contributed by atoms with Crippen molar-refractivity contribution in [2.45, 2.75) is 6.82 Å². The molecule has 3 nitrogen and oxygen atoms in total. The summed E-state index contributed by atoms with van der Waals surface area (Å²) in [4.78, 5) is 0. The van der Waals surface area contributed by atoms with Gasteiger partial charge in [0.1, 0.15) is 0 Å². The van der Waals surface area contributed by atoms with Crippen LogP contribution in [0.1, 0.15) is 0 Å². The SMILES string of the molecule is C=C/C=C\NB(C)n1cccn1. The molecule has 0 bridgehead atoms. The molecule has 0 aliphatic heterocycles. The van der Waals surface area contributed by atoms with Crippen molar-refractivity contribution in [3.63, 3.8) is 0 Å². The molecule has 0 aromatic carbocycles. The quantitative estimate of drug-likeness (QED) is 0.530. The zero-order chi connectivity index (χ0) is 8.81. The lowest BCUT2D eigenvalue weighted by Crippen LogP contribution is -2.34. The molecule has 0 radical (unpaired) electrons. The van der Waals surface area contributed by atoms with Gasteiger partial charge in [0, 0.05) is 12.4 Å². The number of hydrogen-bond acceptors (Lipinski definition) is 2. The molecule has 12 heavy (non-hydrogen) atoms. The first-order valence-electron chi connectivity index (χ1n) is 3.87. The Morgan fingerprint density at radius 1 is 1.67 bits per heavy atom. The van der Waals surface area contributed by atoms with Crippen LogP contribution in [0.4, 0.5) is 0 Å². The van der Waals surface area contributed by atoms with Gasteiger partial charge in [-0.05, 0) is 25.2 Å². The predicted molar refractivity (Wildman–Crippen MR) is 51.7 cm³/mol. The van der Waals surface area contributed by atoms with Gasteiger partial charge >= 0.3 is 6.98 Å². The molecule has 4 heteroatoms. The third-order valence-electron chi connectivity index (χ3n) is 1.49. The number of rotatable bonds is 4. The molecular weight excluding hydrogens is 149 g/mol. The van der Waals surface area contributed by atoms with Gasteiger partial charge in [0.05, 0.1) is 0 Å². The molecule has 1 aromatic heterocycles. The molecule has 0 fully saturated rings. The summed E-state index contributed by atoms with van der Waals surface area (Å²) in [6, 6.07) is 1.90. The Balaban J connectivity index is 2.44. The lowest BCUT2D eigenvalue weighted by molar-refractivity contribution is 0.929. The highest BCUT2D eigenvalue weighted by Crippen LogP contribution is 1.85. The van der Waals surface area contributed by atoms with E-state index in [1.54, 1.807) is 12.3 Å². The third-order valence-corrected chi connectivity index (χ3v) is 1.49. The Kier molecular flexibility index (Phi) is 3.20. The van der Waals surface area contributed by atoms with Crippen LogP contribution in [0.2, 0.25) is 6.82 Å². The maximum absolute atomic E-state index is 4.09. The summed E-state index contributed by atoms with van der Waals surface area (Å²) in [6.07, 6.45) is 9.09. The van der Waals surface area contributed by atoms with Crippen molar-refractivity contribution in [3.8, 4) is 0 Å². The number of hydrogen-bond donors (Lipinski definition) is 1. The van der Waals surface area contributed by atoms with Crippen LogP contribution in [0.5, 0.6) is 0 Å². The van der Waals surface area contributed by atoms with Crippen LogP contribution < -0.4 is 5.23 Å². The number of aromatic nitrogens is 2. The van der Waals surface area contributed by atoms with Crippen LogP contribution in [-0.2, 0) is 0 Å². The molecule has 1 aromatic rings. The third kappa shape index (κ3) is 2.30. The Morgan fingerprint density at radius 3 is 3.08 bits per heavy atom. The topological polar surface area (TPSA) is 29.9 Å². The minimum Gasteiger partial charge on any atom is -0.414 e. The van der Waals surface area contributed by atoms with Crippen molar-refractivity contribution in [2.75, 3.05) is 0 Å². The van der Waals surface area contributed by atoms with Crippen molar-refractivity contribution in [2.24, 2.45) is 0 Å². The van der Waals surface area contributed by atoms with Crippen molar-refractivity contribution >= 4 is 6.98 Å². The van der Waals surface area contributed by atoms with E-state index in [0.29, 0.717) is 0 Å². The fourth-order valence-electron chi connectivity index (χ4n) is 0.849. The molecule has 1 rings (SSSR count). The van der Waals surface area contributed by atoms with Gasteiger partial charge in [-0.25, -0.2) is 0 Å². The summed E-state index contributed by atoms with van der Waals surface area (Å²) in [5.74, 6) is 0. The molecule has 0 saturated heterocycles. The first-order chi connectivity index (χ1) is 5.84. The van der Waals surface area contributed by atoms with E-state index < -0.39 is 0 Å². The second-order valence-electron chi connectivity index (χ2n) is 2.42. The average molecular weight is 161 g/mol. The van der Waals surface area contributed by atoms with E-state index in [0.717, 1.165) is 0 Å². The fourth-order valence-corrected chi connectivity index (χ4v) is 0.849. The van der Waals surface area contributed by atoms with E-state index in [2.05, 4.69) is 16.9 Å². The van der Waals surface area contributed by atoms with Gasteiger partial charge in [0.2, 0.25) is 0 Å². The Hall–Kier alpha value is -1.45. The highest BCUT2D eigenvalue weighted by Gasteiger charge is 2.06. The Morgan fingerprint density at radius 2 is 2.50 bits per heavy atom. The van der Waals surface area contributed by atoms with E-state index in [1.807, 2.05) is 36.0 Å². The van der Waals surface area contributed by atoms with Crippen LogP contribution in [0.15, 0.2) is 43.4 Å². The predicted octanol–water partition coefficient (Wildman–Crippen LogP) is 1.14. The van der Waals surface area contributed by atoms with Crippen LogP contribution in [-0.4, -0.2) is 16.7 Å². The molecule has 1 heterocycles. The molecule has 1 N–H and O–H groups in total. The minimum absolute atomic E-state index is 0.177. The van der Waals surface area contributed by atoms with Gasteiger partial charge in [0.15, 0.2) is 0 Å². The fraction of sp³-hybridized carbons (Fsp3) is 0.125. The van der Waals surface area contributed by atoms with E-state index >= 15 is 0 Å². The highest BCUT2D eigenvalue weighted by atomic mass is 15.2. The zero-order valence-electron chi connectivity index (χ0n) is 7.14. The zero-order valence-corrected chi connectivity index (χ0v) is 7.14. The van der Waals surface area contributed by atoms with Crippen LogP contribution >= 0.6 is 0 Å². The maximum atomic E-state index is 4.09. The molecule has 0 spiro atoms. The first kappa shape index (κ1) is 8.65. The van der Waals surface area contributed by atoms with Crippen molar-refractivity contribution < 1.29 is 0 Å². The van der Waals surface area contributed by atoms with Gasteiger partial charge < -0.3 is 5.23 Å². The van der Waals surface area contributed by atoms with Crippen molar-refractivity contribution in [1.29, 1.82) is 0 Å². The second kappa shape index (κ2) is 4.44. The molecule has 0 aliphatic rings. The number of nitrogens with zero attached hydrogens (tertiary/aromatic N) is 2. The van der Waals surface area contributed by atoms with E-state index in [9.17, 15) is 0 Å². The normalized spacial score (nSPS) is 10.1. The summed E-state index contributed by atoms with van der Waals surface area (Å²) in [7, 11) is 0. The van der Waals surface area contributed by atoms with E-state index in [-0.39, 0.29) is 6.98 Å². The second-order valence-corrected chi connectivity index (χ2v) is 2.42. The highest BCUT2D eigenvalue weighted by molar-refractivity contribution is 6.52. The number of allylic oxidation sites excluding steroid dienone is 2. The largest absolute Gasteiger partial charge is 0.414 e. The lowest BCUT2D eigenvalue weighted by Gasteiger charge is -2.06. The van der Waals surface area contributed by atoms with Crippen molar-refractivity contribution in [1.82, 2.24) is 14.9 Å². The van der Waals surface area contributed by atoms with Crippen LogP contribution in [0.25, 0.3) is 0 Å². The lowest BCUT2D eigenvalue weighted by atomic mass is 9.81. The summed E-state index contributed by atoms with van der Waals surface area (Å²) < 4.78 is 1.84. The maximum Gasteiger partial charge on any atom is 0.391 e. The minimum atomic E-state index is 0.177. The van der Waals surface area contributed by atoms with Gasteiger partial charge in [-0.2, -0.15) is 5.10 Å². The van der Waals surface area contributed by atoms with Crippen LogP contribution in [0.3, 0.4) is 0 Å². The molecule has 0 amide bonds.